The summed E-state index contributed by atoms with van der Waals surface area (Å²) in [6.45, 7) is 3.44. The van der Waals surface area contributed by atoms with E-state index in [2.05, 4.69) is 10.3 Å². The Morgan fingerprint density at radius 3 is 3.00 bits per heavy atom. The maximum absolute atomic E-state index is 11.6. The number of aromatic nitrogens is 2. The van der Waals surface area contributed by atoms with Crippen LogP contribution in [0.5, 0.6) is 0 Å². The number of hydrogen-bond donors (Lipinski definition) is 1. The SMILES string of the molecule is COCCCn1ccnc1NC1(C)CCS(=O)(=O)C1. The van der Waals surface area contributed by atoms with Gasteiger partial charge in [-0.05, 0) is 19.8 Å². The largest absolute Gasteiger partial charge is 0.385 e. The van der Waals surface area contributed by atoms with Crippen molar-refractivity contribution in [2.45, 2.75) is 31.8 Å². The Morgan fingerprint density at radius 1 is 1.58 bits per heavy atom. The van der Waals surface area contributed by atoms with Gasteiger partial charge in [0.1, 0.15) is 0 Å². The first-order valence-electron chi connectivity index (χ1n) is 6.43. The summed E-state index contributed by atoms with van der Waals surface area (Å²) in [4.78, 5) is 4.27. The van der Waals surface area contributed by atoms with Gasteiger partial charge in [0.15, 0.2) is 9.84 Å². The predicted molar refractivity (Wildman–Crippen MR) is 74.0 cm³/mol. The van der Waals surface area contributed by atoms with E-state index in [1.165, 1.54) is 0 Å². The van der Waals surface area contributed by atoms with Crippen LogP contribution in [0.3, 0.4) is 0 Å². The number of hydrogen-bond acceptors (Lipinski definition) is 5. The van der Waals surface area contributed by atoms with Crippen molar-refractivity contribution >= 4 is 15.8 Å². The van der Waals surface area contributed by atoms with Crippen LogP contribution in [0, 0.1) is 0 Å². The highest BCUT2D eigenvalue weighted by Crippen LogP contribution is 2.26. The van der Waals surface area contributed by atoms with Crippen molar-refractivity contribution in [2.75, 3.05) is 30.5 Å². The summed E-state index contributed by atoms with van der Waals surface area (Å²) in [7, 11) is -1.23. The minimum atomic E-state index is -2.91. The highest BCUT2D eigenvalue weighted by atomic mass is 32.2. The molecule has 1 atom stereocenters. The third-order valence-corrected chi connectivity index (χ3v) is 5.28. The van der Waals surface area contributed by atoms with Crippen LogP contribution < -0.4 is 5.32 Å². The molecule has 2 rings (SSSR count). The van der Waals surface area contributed by atoms with E-state index in [0.29, 0.717) is 13.0 Å². The molecule has 0 spiro atoms. The van der Waals surface area contributed by atoms with Gasteiger partial charge in [-0.2, -0.15) is 0 Å². The molecular formula is C12H21N3O3S. The lowest BCUT2D eigenvalue weighted by molar-refractivity contribution is 0.190. The first kappa shape index (κ1) is 14.3. The molecule has 0 aromatic carbocycles. The second kappa shape index (κ2) is 5.50. The van der Waals surface area contributed by atoms with E-state index in [1.54, 1.807) is 13.3 Å². The molecule has 0 aliphatic carbocycles. The Kier molecular flexibility index (Phi) is 4.15. The number of anilines is 1. The van der Waals surface area contributed by atoms with Gasteiger partial charge in [0, 0.05) is 32.7 Å². The van der Waals surface area contributed by atoms with E-state index in [0.717, 1.165) is 18.9 Å². The van der Waals surface area contributed by atoms with Gasteiger partial charge in [0.2, 0.25) is 5.95 Å². The number of nitrogens with zero attached hydrogens (tertiary/aromatic N) is 2. The summed E-state index contributed by atoms with van der Waals surface area (Å²) in [5.41, 5.74) is -0.413. The summed E-state index contributed by atoms with van der Waals surface area (Å²) in [5.74, 6) is 1.15. The van der Waals surface area contributed by atoms with Gasteiger partial charge >= 0.3 is 0 Å². The zero-order valence-electron chi connectivity index (χ0n) is 11.4. The molecule has 0 saturated carbocycles. The smallest absolute Gasteiger partial charge is 0.203 e. The fraction of sp³-hybridized carbons (Fsp3) is 0.750. The van der Waals surface area contributed by atoms with Crippen molar-refractivity contribution in [3.8, 4) is 0 Å². The van der Waals surface area contributed by atoms with Crippen molar-refractivity contribution in [1.82, 2.24) is 9.55 Å². The Morgan fingerprint density at radius 2 is 2.37 bits per heavy atom. The van der Waals surface area contributed by atoms with Crippen LogP contribution in [-0.4, -0.2) is 48.7 Å². The molecule has 1 aromatic rings. The van der Waals surface area contributed by atoms with Crippen LogP contribution in [0.15, 0.2) is 12.4 Å². The van der Waals surface area contributed by atoms with E-state index in [1.807, 2.05) is 17.7 Å². The summed E-state index contributed by atoms with van der Waals surface area (Å²) >= 11 is 0. The van der Waals surface area contributed by atoms with E-state index in [4.69, 9.17) is 4.74 Å². The monoisotopic (exact) mass is 287 g/mol. The second-order valence-electron chi connectivity index (χ2n) is 5.32. The normalized spacial score (nSPS) is 25.6. The Bertz CT molecular complexity index is 526. The number of ether oxygens (including phenoxy) is 1. The van der Waals surface area contributed by atoms with Crippen molar-refractivity contribution in [1.29, 1.82) is 0 Å². The van der Waals surface area contributed by atoms with Gasteiger partial charge in [0.25, 0.3) is 0 Å². The van der Waals surface area contributed by atoms with E-state index in [-0.39, 0.29) is 11.5 Å². The lowest BCUT2D eigenvalue weighted by Crippen LogP contribution is -2.37. The van der Waals surface area contributed by atoms with Crippen LogP contribution in [0.1, 0.15) is 19.8 Å². The van der Waals surface area contributed by atoms with Crippen molar-refractivity contribution in [2.24, 2.45) is 0 Å². The summed E-state index contributed by atoms with van der Waals surface area (Å²) in [5, 5.41) is 3.28. The molecule has 1 fully saturated rings. The summed E-state index contributed by atoms with van der Waals surface area (Å²) < 4.78 is 30.2. The molecule has 0 bridgehead atoms. The van der Waals surface area contributed by atoms with Crippen LogP contribution >= 0.6 is 0 Å². The number of imidazole rings is 1. The van der Waals surface area contributed by atoms with E-state index < -0.39 is 15.4 Å². The van der Waals surface area contributed by atoms with Crippen LogP contribution in [-0.2, 0) is 21.1 Å². The fourth-order valence-corrected chi connectivity index (χ4v) is 4.47. The first-order chi connectivity index (χ1) is 8.94. The average molecular weight is 287 g/mol. The molecular weight excluding hydrogens is 266 g/mol. The van der Waals surface area contributed by atoms with Crippen LogP contribution in [0.2, 0.25) is 0 Å². The molecule has 108 valence electrons. The lowest BCUT2D eigenvalue weighted by Gasteiger charge is -2.25. The van der Waals surface area contributed by atoms with Gasteiger partial charge < -0.3 is 14.6 Å². The highest BCUT2D eigenvalue weighted by Gasteiger charge is 2.38. The Hall–Kier alpha value is -1.08. The fourth-order valence-electron chi connectivity index (χ4n) is 2.37. The molecule has 0 amide bonds. The number of nitrogens with one attached hydrogen (secondary N) is 1. The minimum absolute atomic E-state index is 0.172. The number of rotatable bonds is 6. The molecule has 0 radical (unpaired) electrons. The van der Waals surface area contributed by atoms with Crippen molar-refractivity contribution < 1.29 is 13.2 Å². The first-order valence-corrected chi connectivity index (χ1v) is 8.25. The number of aryl methyl sites for hydroxylation is 1. The molecule has 1 aliphatic rings. The molecule has 1 aliphatic heterocycles. The van der Waals surface area contributed by atoms with Crippen molar-refractivity contribution in [3.63, 3.8) is 0 Å². The third kappa shape index (κ3) is 3.70. The van der Waals surface area contributed by atoms with Gasteiger partial charge in [-0.25, -0.2) is 13.4 Å². The van der Waals surface area contributed by atoms with E-state index in [9.17, 15) is 8.42 Å². The second-order valence-corrected chi connectivity index (χ2v) is 7.50. The zero-order valence-corrected chi connectivity index (χ0v) is 12.2. The Balaban J connectivity index is 2.01. The highest BCUT2D eigenvalue weighted by molar-refractivity contribution is 7.91. The number of methoxy groups -OCH3 is 1. The maximum atomic E-state index is 11.6. The van der Waals surface area contributed by atoms with Gasteiger partial charge in [-0.3, -0.25) is 0 Å². The maximum Gasteiger partial charge on any atom is 0.203 e. The predicted octanol–water partition coefficient (Wildman–Crippen LogP) is 0.909. The average Bonchev–Trinajstić information content (AvgIpc) is 2.85. The van der Waals surface area contributed by atoms with Crippen LogP contribution in [0.25, 0.3) is 0 Å². The quantitative estimate of drug-likeness (QED) is 0.787. The van der Waals surface area contributed by atoms with E-state index >= 15 is 0 Å². The van der Waals surface area contributed by atoms with Crippen molar-refractivity contribution in [3.05, 3.63) is 12.4 Å². The molecule has 7 heteroatoms. The molecule has 1 N–H and O–H groups in total. The van der Waals surface area contributed by atoms with Gasteiger partial charge in [-0.1, -0.05) is 0 Å². The molecule has 1 unspecified atom stereocenters. The summed E-state index contributed by atoms with van der Waals surface area (Å²) in [6, 6.07) is 0. The van der Waals surface area contributed by atoms with Gasteiger partial charge in [-0.15, -0.1) is 0 Å². The third-order valence-electron chi connectivity index (χ3n) is 3.38. The summed E-state index contributed by atoms with van der Waals surface area (Å²) in [6.07, 6.45) is 5.14. The topological polar surface area (TPSA) is 73.2 Å². The molecule has 6 nitrogen and oxygen atoms in total. The van der Waals surface area contributed by atoms with Crippen LogP contribution in [0.4, 0.5) is 5.95 Å². The van der Waals surface area contributed by atoms with Gasteiger partial charge in [0.05, 0.1) is 17.0 Å². The Labute approximate surface area is 114 Å². The zero-order chi connectivity index (χ0) is 13.9. The lowest BCUT2D eigenvalue weighted by atomic mass is 10.0. The standard InChI is InChI=1S/C12H21N3O3S/c1-12(4-9-19(16,17)10-12)14-11-13-5-7-15(11)6-3-8-18-2/h5,7H,3-4,6,8-10H2,1-2H3,(H,13,14). The molecule has 1 aromatic heterocycles. The molecule has 19 heavy (non-hydrogen) atoms. The molecule has 2 heterocycles. The molecule has 1 saturated heterocycles. The number of sulfone groups is 1. The minimum Gasteiger partial charge on any atom is -0.385 e.